The van der Waals surface area contributed by atoms with Gasteiger partial charge in [0, 0.05) is 23.2 Å². The smallest absolute Gasteiger partial charge is 0.177 e. The van der Waals surface area contributed by atoms with E-state index in [1.54, 1.807) is 0 Å². The van der Waals surface area contributed by atoms with Crippen molar-refractivity contribution in [3.8, 4) is 0 Å². The molecular formula is C13H18BrNO2. The molecule has 0 fully saturated rings. The predicted molar refractivity (Wildman–Crippen MR) is 72.3 cm³/mol. The van der Waals surface area contributed by atoms with Crippen molar-refractivity contribution in [2.45, 2.75) is 13.3 Å². The predicted octanol–water partition coefficient (Wildman–Crippen LogP) is 2.34. The van der Waals surface area contributed by atoms with E-state index in [2.05, 4.69) is 15.9 Å². The van der Waals surface area contributed by atoms with E-state index in [1.807, 2.05) is 36.1 Å². The Hall–Kier alpha value is -0.710. The number of hydrogen-bond acceptors (Lipinski definition) is 3. The van der Waals surface area contributed by atoms with Crippen LogP contribution in [-0.4, -0.2) is 42.0 Å². The zero-order valence-corrected chi connectivity index (χ0v) is 11.6. The van der Waals surface area contributed by atoms with Gasteiger partial charge in [-0.1, -0.05) is 41.1 Å². The number of carbonyl (C=O) groups excluding carboxylic acids is 1. The Labute approximate surface area is 111 Å². The van der Waals surface area contributed by atoms with Gasteiger partial charge < -0.3 is 5.11 Å². The molecule has 1 N–H and O–H groups in total. The van der Waals surface area contributed by atoms with Gasteiger partial charge in [0.2, 0.25) is 0 Å². The summed E-state index contributed by atoms with van der Waals surface area (Å²) in [5.74, 6) is 0.109. The molecule has 0 atom stereocenters. The molecule has 0 aromatic heterocycles. The molecule has 0 heterocycles. The van der Waals surface area contributed by atoms with E-state index >= 15 is 0 Å². The van der Waals surface area contributed by atoms with Crippen molar-refractivity contribution >= 4 is 21.7 Å². The van der Waals surface area contributed by atoms with Crippen LogP contribution in [0.15, 0.2) is 28.7 Å². The molecule has 0 amide bonds. The van der Waals surface area contributed by atoms with E-state index in [4.69, 9.17) is 5.11 Å². The van der Waals surface area contributed by atoms with E-state index in [0.717, 1.165) is 23.1 Å². The molecule has 1 rings (SSSR count). The lowest BCUT2D eigenvalue weighted by atomic mass is 10.1. The van der Waals surface area contributed by atoms with E-state index in [-0.39, 0.29) is 12.4 Å². The summed E-state index contributed by atoms with van der Waals surface area (Å²) in [5, 5.41) is 8.79. The maximum absolute atomic E-state index is 12.1. The lowest BCUT2D eigenvalue weighted by Crippen LogP contribution is -2.31. The number of hydrogen-bond donors (Lipinski definition) is 1. The van der Waals surface area contributed by atoms with Crippen molar-refractivity contribution in [1.29, 1.82) is 0 Å². The molecular weight excluding hydrogens is 282 g/mol. The van der Waals surface area contributed by atoms with Crippen LogP contribution < -0.4 is 0 Å². The molecule has 94 valence electrons. The molecule has 0 bridgehead atoms. The van der Waals surface area contributed by atoms with Gasteiger partial charge in [0.15, 0.2) is 5.78 Å². The third-order valence-corrected chi connectivity index (χ3v) is 3.31. The van der Waals surface area contributed by atoms with Crippen molar-refractivity contribution in [1.82, 2.24) is 4.90 Å². The molecule has 0 radical (unpaired) electrons. The number of halogens is 1. The van der Waals surface area contributed by atoms with Crippen LogP contribution in [0.1, 0.15) is 23.7 Å². The summed E-state index contributed by atoms with van der Waals surface area (Å²) in [7, 11) is 0. The molecule has 4 heteroatoms. The van der Waals surface area contributed by atoms with Crippen LogP contribution >= 0.6 is 15.9 Å². The third-order valence-electron chi connectivity index (χ3n) is 2.62. The largest absolute Gasteiger partial charge is 0.396 e. The Balaban J connectivity index is 2.61. The highest BCUT2D eigenvalue weighted by atomic mass is 79.9. The van der Waals surface area contributed by atoms with Gasteiger partial charge >= 0.3 is 0 Å². The van der Waals surface area contributed by atoms with Crippen LogP contribution in [0, 0.1) is 0 Å². The van der Waals surface area contributed by atoms with Crippen LogP contribution in [0.2, 0.25) is 0 Å². The SMILES string of the molecule is CCN(CCCO)CC(=O)c1ccccc1Br. The number of carbonyl (C=O) groups is 1. The summed E-state index contributed by atoms with van der Waals surface area (Å²) in [4.78, 5) is 14.1. The minimum atomic E-state index is 0.109. The first-order valence-corrected chi connectivity index (χ1v) is 6.59. The minimum absolute atomic E-state index is 0.109. The second-order valence-corrected chi connectivity index (χ2v) is 4.70. The normalized spacial score (nSPS) is 10.8. The molecule has 0 spiro atoms. The number of benzene rings is 1. The molecule has 0 aliphatic heterocycles. The number of ketones is 1. The van der Waals surface area contributed by atoms with Gasteiger partial charge in [-0.05, 0) is 19.0 Å². The number of Topliss-reactive ketones (excluding diaryl/α,β-unsaturated/α-hetero) is 1. The number of aliphatic hydroxyl groups is 1. The summed E-state index contributed by atoms with van der Waals surface area (Å²) in [6.07, 6.45) is 0.705. The molecule has 0 aliphatic rings. The summed E-state index contributed by atoms with van der Waals surface area (Å²) in [5.41, 5.74) is 0.718. The maximum atomic E-state index is 12.1. The number of aliphatic hydroxyl groups excluding tert-OH is 1. The Bertz CT molecular complexity index is 368. The highest BCUT2D eigenvalue weighted by molar-refractivity contribution is 9.10. The van der Waals surface area contributed by atoms with Crippen LogP contribution in [0.3, 0.4) is 0 Å². The van der Waals surface area contributed by atoms with Crippen molar-refractivity contribution in [2.24, 2.45) is 0 Å². The van der Waals surface area contributed by atoms with Gasteiger partial charge in [-0.2, -0.15) is 0 Å². The fourth-order valence-corrected chi connectivity index (χ4v) is 2.12. The summed E-state index contributed by atoms with van der Waals surface area (Å²) >= 11 is 3.38. The third kappa shape index (κ3) is 4.58. The average Bonchev–Trinajstić information content (AvgIpc) is 2.34. The Morgan fingerprint density at radius 1 is 1.41 bits per heavy atom. The van der Waals surface area contributed by atoms with Gasteiger partial charge in [-0.3, -0.25) is 9.69 Å². The number of rotatable bonds is 7. The maximum Gasteiger partial charge on any atom is 0.177 e. The monoisotopic (exact) mass is 299 g/mol. The minimum Gasteiger partial charge on any atom is -0.396 e. The molecule has 0 saturated carbocycles. The Morgan fingerprint density at radius 2 is 2.12 bits per heavy atom. The van der Waals surface area contributed by atoms with Gasteiger partial charge in [0.1, 0.15) is 0 Å². The summed E-state index contributed by atoms with van der Waals surface area (Å²) in [6.45, 7) is 4.16. The first kappa shape index (κ1) is 14.4. The van der Waals surface area contributed by atoms with Crippen molar-refractivity contribution in [2.75, 3.05) is 26.2 Å². The molecule has 0 aliphatic carbocycles. The first-order chi connectivity index (χ1) is 8.19. The van der Waals surface area contributed by atoms with E-state index in [0.29, 0.717) is 13.0 Å². The van der Waals surface area contributed by atoms with Crippen molar-refractivity contribution < 1.29 is 9.90 Å². The van der Waals surface area contributed by atoms with Gasteiger partial charge in [0.05, 0.1) is 6.54 Å². The molecule has 0 saturated heterocycles. The van der Waals surface area contributed by atoms with Gasteiger partial charge in [-0.15, -0.1) is 0 Å². The molecule has 1 aromatic rings. The second kappa shape index (κ2) is 7.58. The van der Waals surface area contributed by atoms with E-state index in [1.165, 1.54) is 0 Å². The Morgan fingerprint density at radius 3 is 2.71 bits per heavy atom. The van der Waals surface area contributed by atoms with Crippen LogP contribution in [0.5, 0.6) is 0 Å². The molecule has 3 nitrogen and oxygen atoms in total. The van der Waals surface area contributed by atoms with Crippen LogP contribution in [-0.2, 0) is 0 Å². The first-order valence-electron chi connectivity index (χ1n) is 5.80. The lowest BCUT2D eigenvalue weighted by molar-refractivity contribution is 0.0927. The van der Waals surface area contributed by atoms with Crippen LogP contribution in [0.25, 0.3) is 0 Å². The van der Waals surface area contributed by atoms with Gasteiger partial charge in [0.25, 0.3) is 0 Å². The fourth-order valence-electron chi connectivity index (χ4n) is 1.62. The zero-order valence-electron chi connectivity index (χ0n) is 10.0. The summed E-state index contributed by atoms with van der Waals surface area (Å²) in [6, 6.07) is 7.45. The molecule has 1 aromatic carbocycles. The Kier molecular flexibility index (Phi) is 6.40. The van der Waals surface area contributed by atoms with Gasteiger partial charge in [-0.25, -0.2) is 0 Å². The molecule has 0 unspecified atom stereocenters. The highest BCUT2D eigenvalue weighted by Crippen LogP contribution is 2.16. The van der Waals surface area contributed by atoms with Crippen LogP contribution in [0.4, 0.5) is 0 Å². The lowest BCUT2D eigenvalue weighted by Gasteiger charge is -2.19. The zero-order chi connectivity index (χ0) is 12.7. The fraction of sp³-hybridized carbons (Fsp3) is 0.462. The number of nitrogens with zero attached hydrogens (tertiary/aromatic N) is 1. The number of likely N-dealkylation sites (N-methyl/N-ethyl adjacent to an activating group) is 1. The molecule has 17 heavy (non-hydrogen) atoms. The standard InChI is InChI=1S/C13H18BrNO2/c1-2-15(8-5-9-16)10-13(17)11-6-3-4-7-12(11)14/h3-4,6-7,16H,2,5,8-10H2,1H3. The van der Waals surface area contributed by atoms with Crippen molar-refractivity contribution in [3.05, 3.63) is 34.3 Å². The topological polar surface area (TPSA) is 40.5 Å². The second-order valence-electron chi connectivity index (χ2n) is 3.85. The van der Waals surface area contributed by atoms with E-state index in [9.17, 15) is 4.79 Å². The summed E-state index contributed by atoms with van der Waals surface area (Å²) < 4.78 is 0.836. The highest BCUT2D eigenvalue weighted by Gasteiger charge is 2.13. The average molecular weight is 300 g/mol. The van der Waals surface area contributed by atoms with Crippen molar-refractivity contribution in [3.63, 3.8) is 0 Å². The van der Waals surface area contributed by atoms with E-state index < -0.39 is 0 Å². The quantitative estimate of drug-likeness (QED) is 0.786.